The summed E-state index contributed by atoms with van der Waals surface area (Å²) in [6.07, 6.45) is 3.32. The topological polar surface area (TPSA) is 77.0 Å². The number of carbonyl (C=O) groups excluding carboxylic acids is 1. The highest BCUT2D eigenvalue weighted by atomic mass is 16.5. The van der Waals surface area contributed by atoms with Crippen LogP contribution in [0.1, 0.15) is 28.8 Å². The lowest BCUT2D eigenvalue weighted by Crippen LogP contribution is -2.12. The van der Waals surface area contributed by atoms with Crippen LogP contribution >= 0.6 is 0 Å². The quantitative estimate of drug-likeness (QED) is 0.838. The molecule has 2 aromatic rings. The average Bonchev–Trinajstić information content (AvgIpc) is 2.46. The van der Waals surface area contributed by atoms with Crippen molar-refractivity contribution >= 4 is 11.8 Å². The Labute approximate surface area is 117 Å². The molecule has 0 amide bonds. The number of anilines is 1. The molecule has 0 aromatic carbocycles. The van der Waals surface area contributed by atoms with Gasteiger partial charge in [-0.15, -0.1) is 0 Å². The van der Waals surface area contributed by atoms with Gasteiger partial charge in [0.05, 0.1) is 18.8 Å². The largest absolute Gasteiger partial charge is 0.462 e. The van der Waals surface area contributed by atoms with Crippen LogP contribution in [0.3, 0.4) is 0 Å². The molecule has 0 aliphatic carbocycles. The first-order valence-electron chi connectivity index (χ1n) is 6.35. The van der Waals surface area contributed by atoms with E-state index in [9.17, 15) is 4.79 Å². The van der Waals surface area contributed by atoms with Gasteiger partial charge in [0.2, 0.25) is 0 Å². The lowest BCUT2D eigenvalue weighted by atomic mass is 10.2. The summed E-state index contributed by atoms with van der Waals surface area (Å²) < 4.78 is 5.00. The van der Waals surface area contributed by atoms with Gasteiger partial charge in [-0.25, -0.2) is 19.7 Å². The third kappa shape index (κ3) is 3.50. The molecule has 0 saturated heterocycles. The number of esters is 1. The van der Waals surface area contributed by atoms with Gasteiger partial charge in [-0.1, -0.05) is 0 Å². The summed E-state index contributed by atoms with van der Waals surface area (Å²) in [6, 6.07) is 5.19. The Balaban J connectivity index is 2.11. The Hall–Kier alpha value is -2.50. The Morgan fingerprint density at radius 2 is 2.15 bits per heavy atom. The van der Waals surface area contributed by atoms with Crippen molar-refractivity contribution in [1.29, 1.82) is 0 Å². The monoisotopic (exact) mass is 272 g/mol. The van der Waals surface area contributed by atoms with Crippen LogP contribution in [0.25, 0.3) is 0 Å². The molecule has 20 heavy (non-hydrogen) atoms. The minimum atomic E-state index is -0.387. The summed E-state index contributed by atoms with van der Waals surface area (Å²) in [5.74, 6) is 0.806. The summed E-state index contributed by atoms with van der Waals surface area (Å²) in [6.45, 7) is 4.39. The molecule has 0 fully saturated rings. The molecule has 0 aliphatic rings. The van der Waals surface area contributed by atoms with Crippen molar-refractivity contribution < 1.29 is 9.53 Å². The predicted octanol–water partition coefficient (Wildman–Crippen LogP) is 1.97. The normalized spacial score (nSPS) is 10.1. The molecule has 0 saturated carbocycles. The Morgan fingerprint density at radius 1 is 1.30 bits per heavy atom. The van der Waals surface area contributed by atoms with E-state index in [-0.39, 0.29) is 5.97 Å². The number of rotatable bonds is 5. The zero-order valence-electron chi connectivity index (χ0n) is 11.5. The minimum Gasteiger partial charge on any atom is -0.462 e. The van der Waals surface area contributed by atoms with Crippen molar-refractivity contribution in [2.75, 3.05) is 11.9 Å². The van der Waals surface area contributed by atoms with Crippen molar-refractivity contribution in [3.05, 3.63) is 47.7 Å². The summed E-state index contributed by atoms with van der Waals surface area (Å²) in [7, 11) is 0. The van der Waals surface area contributed by atoms with E-state index in [0.29, 0.717) is 30.4 Å². The molecule has 2 aromatic heterocycles. The number of aromatic nitrogens is 3. The molecule has 6 nitrogen and oxygen atoms in total. The van der Waals surface area contributed by atoms with Crippen LogP contribution in [0.5, 0.6) is 0 Å². The Morgan fingerprint density at radius 3 is 2.90 bits per heavy atom. The van der Waals surface area contributed by atoms with E-state index < -0.39 is 0 Å². The molecule has 2 heterocycles. The molecule has 0 aliphatic heterocycles. The minimum absolute atomic E-state index is 0.332. The number of aryl methyl sites for hydroxylation is 1. The van der Waals surface area contributed by atoms with E-state index in [2.05, 4.69) is 20.3 Å². The second-order valence-electron chi connectivity index (χ2n) is 4.07. The molecule has 0 radical (unpaired) electrons. The first-order valence-corrected chi connectivity index (χ1v) is 6.35. The van der Waals surface area contributed by atoms with Crippen molar-refractivity contribution in [3.8, 4) is 0 Å². The maximum atomic E-state index is 11.8. The van der Waals surface area contributed by atoms with Gasteiger partial charge in [-0.2, -0.15) is 0 Å². The van der Waals surface area contributed by atoms with Gasteiger partial charge >= 0.3 is 5.97 Å². The molecular formula is C14H16N4O2. The van der Waals surface area contributed by atoms with Crippen LogP contribution < -0.4 is 5.32 Å². The lowest BCUT2D eigenvalue weighted by molar-refractivity contribution is 0.0527. The van der Waals surface area contributed by atoms with Crippen molar-refractivity contribution in [3.63, 3.8) is 0 Å². The highest BCUT2D eigenvalue weighted by Crippen LogP contribution is 2.13. The summed E-state index contributed by atoms with van der Waals surface area (Å²) in [5, 5.41) is 3.09. The molecule has 6 heteroatoms. The highest BCUT2D eigenvalue weighted by Gasteiger charge is 2.12. The Bertz CT molecular complexity index is 601. The lowest BCUT2D eigenvalue weighted by Gasteiger charge is -2.09. The van der Waals surface area contributed by atoms with E-state index in [1.54, 1.807) is 31.5 Å². The number of nitrogens with zero attached hydrogens (tertiary/aromatic N) is 3. The van der Waals surface area contributed by atoms with Crippen LogP contribution in [0.15, 0.2) is 30.6 Å². The number of pyridine rings is 1. The first-order chi connectivity index (χ1) is 9.70. The van der Waals surface area contributed by atoms with Gasteiger partial charge in [-0.3, -0.25) is 0 Å². The van der Waals surface area contributed by atoms with E-state index in [1.165, 1.54) is 0 Å². The molecule has 0 unspecified atom stereocenters. The zero-order valence-corrected chi connectivity index (χ0v) is 11.5. The summed E-state index contributed by atoms with van der Waals surface area (Å²) in [5.41, 5.74) is 1.25. The van der Waals surface area contributed by atoms with Crippen LogP contribution in [-0.4, -0.2) is 27.5 Å². The highest BCUT2D eigenvalue weighted by molar-refractivity contribution is 5.94. The molecule has 0 atom stereocenters. The van der Waals surface area contributed by atoms with Gasteiger partial charge in [0, 0.05) is 12.4 Å². The van der Waals surface area contributed by atoms with E-state index >= 15 is 0 Å². The number of hydrogen-bond acceptors (Lipinski definition) is 6. The summed E-state index contributed by atoms with van der Waals surface area (Å²) >= 11 is 0. The fourth-order valence-corrected chi connectivity index (χ4v) is 1.70. The maximum absolute atomic E-state index is 11.8. The van der Waals surface area contributed by atoms with Gasteiger partial charge in [-0.05, 0) is 32.0 Å². The van der Waals surface area contributed by atoms with Crippen molar-refractivity contribution in [2.45, 2.75) is 20.4 Å². The van der Waals surface area contributed by atoms with Crippen LogP contribution in [-0.2, 0) is 11.3 Å². The Kier molecular flexibility index (Phi) is 4.60. The van der Waals surface area contributed by atoms with E-state index in [1.807, 2.05) is 13.0 Å². The van der Waals surface area contributed by atoms with Crippen molar-refractivity contribution in [2.24, 2.45) is 0 Å². The molecule has 2 rings (SSSR count). The number of hydrogen-bond donors (Lipinski definition) is 1. The second kappa shape index (κ2) is 6.60. The third-order valence-corrected chi connectivity index (χ3v) is 2.57. The first kappa shape index (κ1) is 13.9. The number of carbonyl (C=O) groups is 1. The maximum Gasteiger partial charge on any atom is 0.341 e. The molecule has 0 bridgehead atoms. The zero-order chi connectivity index (χ0) is 14.4. The van der Waals surface area contributed by atoms with Gasteiger partial charge < -0.3 is 10.1 Å². The number of nitrogens with one attached hydrogen (secondary N) is 1. The average molecular weight is 272 g/mol. The van der Waals surface area contributed by atoms with Crippen molar-refractivity contribution in [1.82, 2.24) is 15.0 Å². The van der Waals surface area contributed by atoms with Crippen LogP contribution in [0.2, 0.25) is 0 Å². The third-order valence-electron chi connectivity index (χ3n) is 2.57. The van der Waals surface area contributed by atoms with Gasteiger partial charge in [0.25, 0.3) is 0 Å². The fourth-order valence-electron chi connectivity index (χ4n) is 1.70. The fraction of sp³-hybridized carbons (Fsp3) is 0.286. The standard InChI is InChI=1S/C14H16N4O2/c1-3-20-14(19)12-5-4-7-16-13(12)17-9-11-6-8-15-10(2)18-11/h4-8H,3,9H2,1-2H3,(H,16,17). The van der Waals surface area contributed by atoms with Crippen LogP contribution in [0.4, 0.5) is 5.82 Å². The molecular weight excluding hydrogens is 256 g/mol. The van der Waals surface area contributed by atoms with Gasteiger partial charge in [0.1, 0.15) is 17.2 Å². The molecule has 1 N–H and O–H groups in total. The van der Waals surface area contributed by atoms with E-state index in [0.717, 1.165) is 5.69 Å². The predicted molar refractivity (Wildman–Crippen MR) is 74.3 cm³/mol. The summed E-state index contributed by atoms with van der Waals surface area (Å²) in [4.78, 5) is 24.3. The molecule has 104 valence electrons. The SMILES string of the molecule is CCOC(=O)c1cccnc1NCc1ccnc(C)n1. The molecule has 0 spiro atoms. The van der Waals surface area contributed by atoms with E-state index in [4.69, 9.17) is 4.74 Å². The van der Waals surface area contributed by atoms with Gasteiger partial charge in [0.15, 0.2) is 0 Å². The number of ether oxygens (including phenoxy) is 1. The smallest absolute Gasteiger partial charge is 0.341 e. The second-order valence-corrected chi connectivity index (χ2v) is 4.07. The van der Waals surface area contributed by atoms with Crippen LogP contribution in [0, 0.1) is 6.92 Å².